The molecular weight excluding hydrogens is 222 g/mol. The van der Waals surface area contributed by atoms with Gasteiger partial charge in [-0.3, -0.25) is 4.79 Å². The number of rotatable bonds is 6. The van der Waals surface area contributed by atoms with Crippen molar-refractivity contribution in [3.05, 3.63) is 23.8 Å². The molecule has 0 unspecified atom stereocenters. The number of likely N-dealkylation sites (N-methyl/N-ethyl adjacent to an activating group) is 1. The maximum Gasteiger partial charge on any atom is 0.257 e. The average Bonchev–Trinajstić information content (AvgIpc) is 2.36. The molecule has 94 valence electrons. The van der Waals surface area contributed by atoms with Gasteiger partial charge in [0.2, 0.25) is 0 Å². The lowest BCUT2D eigenvalue weighted by Gasteiger charge is -2.13. The van der Waals surface area contributed by atoms with Gasteiger partial charge in [-0.25, -0.2) is 0 Å². The van der Waals surface area contributed by atoms with Crippen LogP contribution in [-0.4, -0.2) is 31.3 Å². The van der Waals surface area contributed by atoms with Crippen molar-refractivity contribution in [3.63, 3.8) is 0 Å². The number of benzene rings is 1. The van der Waals surface area contributed by atoms with Gasteiger partial charge in [0.15, 0.2) is 18.1 Å². The predicted octanol–water partition coefficient (Wildman–Crippen LogP) is 0.702. The van der Waals surface area contributed by atoms with Crippen LogP contribution in [0.2, 0.25) is 0 Å². The molecule has 0 spiro atoms. The van der Waals surface area contributed by atoms with Crippen LogP contribution in [0, 0.1) is 0 Å². The Kier molecular flexibility index (Phi) is 5.29. The lowest BCUT2D eigenvalue weighted by Crippen LogP contribution is -2.28. The molecule has 1 aromatic carbocycles. The highest BCUT2D eigenvalue weighted by Crippen LogP contribution is 2.30. The molecule has 0 aliphatic carbocycles. The fourth-order valence-corrected chi connectivity index (χ4v) is 1.40. The van der Waals surface area contributed by atoms with Gasteiger partial charge in [0.25, 0.3) is 5.91 Å². The van der Waals surface area contributed by atoms with Crippen LogP contribution >= 0.6 is 0 Å². The van der Waals surface area contributed by atoms with Crippen LogP contribution in [0.1, 0.15) is 12.5 Å². The summed E-state index contributed by atoms with van der Waals surface area (Å²) in [6.07, 6.45) is 0. The number of para-hydroxylation sites is 1. The third kappa shape index (κ3) is 3.64. The number of nitrogens with one attached hydrogen (secondary N) is 1. The van der Waals surface area contributed by atoms with Crippen molar-refractivity contribution in [2.24, 2.45) is 0 Å². The molecule has 0 saturated carbocycles. The van der Waals surface area contributed by atoms with E-state index < -0.39 is 0 Å². The number of carbonyl (C=O) groups excluding carboxylic acids is 1. The number of aliphatic hydroxyl groups excluding tert-OH is 1. The number of hydrogen-bond acceptors (Lipinski definition) is 4. The van der Waals surface area contributed by atoms with Crippen molar-refractivity contribution >= 4 is 5.91 Å². The van der Waals surface area contributed by atoms with Gasteiger partial charge in [-0.2, -0.15) is 0 Å². The van der Waals surface area contributed by atoms with Crippen molar-refractivity contribution in [1.29, 1.82) is 0 Å². The van der Waals surface area contributed by atoms with Gasteiger partial charge in [-0.1, -0.05) is 12.1 Å². The zero-order chi connectivity index (χ0) is 12.7. The Bertz CT molecular complexity index is 357. The third-order valence-corrected chi connectivity index (χ3v) is 2.17. The van der Waals surface area contributed by atoms with Crippen molar-refractivity contribution < 1.29 is 19.4 Å². The monoisotopic (exact) mass is 239 g/mol. The van der Waals surface area contributed by atoms with Crippen molar-refractivity contribution in [1.82, 2.24) is 5.32 Å². The Hall–Kier alpha value is -1.75. The molecule has 0 radical (unpaired) electrons. The highest BCUT2D eigenvalue weighted by Gasteiger charge is 2.11. The highest BCUT2D eigenvalue weighted by atomic mass is 16.5. The first-order valence-electron chi connectivity index (χ1n) is 5.39. The lowest BCUT2D eigenvalue weighted by atomic mass is 10.2. The second-order valence-corrected chi connectivity index (χ2v) is 3.35. The Morgan fingerprint density at radius 2 is 2.24 bits per heavy atom. The van der Waals surface area contributed by atoms with Gasteiger partial charge < -0.3 is 19.9 Å². The summed E-state index contributed by atoms with van der Waals surface area (Å²) in [6, 6.07) is 5.19. The minimum atomic E-state index is -0.206. The summed E-state index contributed by atoms with van der Waals surface area (Å²) in [5.41, 5.74) is 0.591. The highest BCUT2D eigenvalue weighted by molar-refractivity contribution is 5.77. The van der Waals surface area contributed by atoms with Gasteiger partial charge >= 0.3 is 0 Å². The largest absolute Gasteiger partial charge is 0.493 e. The van der Waals surface area contributed by atoms with Gasteiger partial charge in [0.05, 0.1) is 13.7 Å². The summed E-state index contributed by atoms with van der Waals surface area (Å²) in [5, 5.41) is 11.8. The number of aliphatic hydroxyl groups is 1. The van der Waals surface area contributed by atoms with Gasteiger partial charge in [-0.05, 0) is 13.0 Å². The third-order valence-electron chi connectivity index (χ3n) is 2.17. The normalized spacial score (nSPS) is 9.82. The lowest BCUT2D eigenvalue weighted by molar-refractivity contribution is -0.123. The summed E-state index contributed by atoms with van der Waals surface area (Å²) in [5.74, 6) is 0.701. The van der Waals surface area contributed by atoms with Crippen LogP contribution in [0.5, 0.6) is 11.5 Å². The van der Waals surface area contributed by atoms with E-state index in [1.165, 1.54) is 7.11 Å². The molecule has 0 fully saturated rings. The zero-order valence-electron chi connectivity index (χ0n) is 10.0. The number of ether oxygens (including phenoxy) is 2. The molecule has 5 heteroatoms. The molecule has 0 aromatic heterocycles. The number of amides is 1. The molecule has 0 bridgehead atoms. The Balaban J connectivity index is 2.77. The van der Waals surface area contributed by atoms with Crippen molar-refractivity contribution in [3.8, 4) is 11.5 Å². The van der Waals surface area contributed by atoms with E-state index in [2.05, 4.69) is 5.32 Å². The van der Waals surface area contributed by atoms with Crippen molar-refractivity contribution in [2.45, 2.75) is 13.5 Å². The van der Waals surface area contributed by atoms with Crippen LogP contribution < -0.4 is 14.8 Å². The van der Waals surface area contributed by atoms with Gasteiger partial charge in [0, 0.05) is 12.1 Å². The summed E-state index contributed by atoms with van der Waals surface area (Å²) in [7, 11) is 1.51. The smallest absolute Gasteiger partial charge is 0.257 e. The molecule has 17 heavy (non-hydrogen) atoms. The van der Waals surface area contributed by atoms with E-state index in [1.54, 1.807) is 18.2 Å². The molecule has 2 N–H and O–H groups in total. The van der Waals surface area contributed by atoms with E-state index in [-0.39, 0.29) is 19.1 Å². The molecular formula is C12H17NO4. The summed E-state index contributed by atoms with van der Waals surface area (Å²) < 4.78 is 10.5. The molecule has 0 aliphatic rings. The maximum atomic E-state index is 11.3. The molecule has 0 heterocycles. The Morgan fingerprint density at radius 3 is 2.82 bits per heavy atom. The van der Waals surface area contributed by atoms with E-state index in [0.29, 0.717) is 23.6 Å². The fourth-order valence-electron chi connectivity index (χ4n) is 1.40. The van der Waals surface area contributed by atoms with E-state index in [1.807, 2.05) is 6.92 Å². The first kappa shape index (κ1) is 13.3. The van der Waals surface area contributed by atoms with Crippen LogP contribution in [0.25, 0.3) is 0 Å². The van der Waals surface area contributed by atoms with E-state index in [9.17, 15) is 9.90 Å². The SMILES string of the molecule is CCNC(=O)COc1c(CO)cccc1OC. The minimum Gasteiger partial charge on any atom is -0.493 e. The molecule has 1 rings (SSSR count). The molecule has 1 amide bonds. The minimum absolute atomic E-state index is 0.0960. The fraction of sp³-hybridized carbons (Fsp3) is 0.417. The Morgan fingerprint density at radius 1 is 1.47 bits per heavy atom. The topological polar surface area (TPSA) is 67.8 Å². The maximum absolute atomic E-state index is 11.3. The van der Waals surface area contributed by atoms with Crippen LogP contribution in [0.4, 0.5) is 0 Å². The van der Waals surface area contributed by atoms with Crippen molar-refractivity contribution in [2.75, 3.05) is 20.3 Å². The second kappa shape index (κ2) is 6.75. The summed E-state index contributed by atoms with van der Waals surface area (Å²) >= 11 is 0. The van der Waals surface area contributed by atoms with Crippen LogP contribution in [0.15, 0.2) is 18.2 Å². The molecule has 0 atom stereocenters. The van der Waals surface area contributed by atoms with Crippen LogP contribution in [0.3, 0.4) is 0 Å². The number of hydrogen-bond donors (Lipinski definition) is 2. The molecule has 0 aliphatic heterocycles. The van der Waals surface area contributed by atoms with Gasteiger partial charge in [-0.15, -0.1) is 0 Å². The molecule has 0 saturated heterocycles. The van der Waals surface area contributed by atoms with E-state index in [4.69, 9.17) is 9.47 Å². The molecule has 5 nitrogen and oxygen atoms in total. The second-order valence-electron chi connectivity index (χ2n) is 3.35. The standard InChI is InChI=1S/C12H17NO4/c1-3-13-11(15)8-17-12-9(7-14)5-4-6-10(12)16-2/h4-6,14H,3,7-8H2,1-2H3,(H,13,15). The quantitative estimate of drug-likeness (QED) is 0.767. The number of methoxy groups -OCH3 is 1. The first-order chi connectivity index (χ1) is 8.22. The average molecular weight is 239 g/mol. The van der Waals surface area contributed by atoms with Crippen LogP contribution in [-0.2, 0) is 11.4 Å². The first-order valence-corrected chi connectivity index (χ1v) is 5.39. The Labute approximate surface area is 100 Å². The van der Waals surface area contributed by atoms with Gasteiger partial charge in [0.1, 0.15) is 0 Å². The zero-order valence-corrected chi connectivity index (χ0v) is 10.0. The number of carbonyl (C=O) groups is 1. The predicted molar refractivity (Wildman–Crippen MR) is 63.1 cm³/mol. The summed E-state index contributed by atoms with van der Waals surface area (Å²) in [4.78, 5) is 11.3. The summed E-state index contributed by atoms with van der Waals surface area (Å²) in [6.45, 7) is 2.13. The van der Waals surface area contributed by atoms with E-state index in [0.717, 1.165) is 0 Å². The molecule has 1 aromatic rings. The van der Waals surface area contributed by atoms with E-state index >= 15 is 0 Å².